The minimum atomic E-state index is -1.13. The van der Waals surface area contributed by atoms with Gasteiger partial charge in [-0.1, -0.05) is 49.3 Å². The zero-order valence-electron chi connectivity index (χ0n) is 17.3. The molecule has 0 aliphatic carbocycles. The molecular weight excluding hydrogens is 374 g/mol. The number of benzene rings is 1. The summed E-state index contributed by atoms with van der Waals surface area (Å²) in [6.45, 7) is 6.45. The molecule has 8 heteroatoms. The summed E-state index contributed by atoms with van der Waals surface area (Å²) < 4.78 is 24.1. The molecule has 0 aromatic heterocycles. The maximum absolute atomic E-state index is 10.2. The Morgan fingerprint density at radius 2 is 1.97 bits per heavy atom. The van der Waals surface area contributed by atoms with Gasteiger partial charge in [-0.05, 0) is 36.8 Å². The number of nitrogens with zero attached hydrogens (tertiary/aromatic N) is 3. The average Bonchev–Trinajstić information content (AvgIpc) is 2.72. The first kappa shape index (κ1) is 22.0. The van der Waals surface area contributed by atoms with Gasteiger partial charge in [0.05, 0.1) is 37.1 Å². The summed E-state index contributed by atoms with van der Waals surface area (Å²) in [5, 5.41) is 13.9. The number of aliphatic hydroxyl groups excluding tert-OH is 1. The molecule has 3 rings (SSSR count). The van der Waals surface area contributed by atoms with Crippen molar-refractivity contribution in [1.82, 2.24) is 0 Å². The highest BCUT2D eigenvalue weighted by Crippen LogP contribution is 2.34. The van der Waals surface area contributed by atoms with Crippen LogP contribution in [0, 0.1) is 5.92 Å². The Labute approximate surface area is 171 Å². The van der Waals surface area contributed by atoms with E-state index in [-0.39, 0.29) is 30.3 Å². The summed E-state index contributed by atoms with van der Waals surface area (Å²) in [6.07, 6.45) is -0.0725. The quantitative estimate of drug-likeness (QED) is 0.420. The molecule has 2 saturated heterocycles. The first-order chi connectivity index (χ1) is 14.0. The van der Waals surface area contributed by atoms with Gasteiger partial charge in [0.25, 0.3) is 0 Å². The number of hydrogen-bond acceptors (Lipinski definition) is 6. The van der Waals surface area contributed by atoms with Crippen LogP contribution in [0.3, 0.4) is 0 Å². The second-order valence-electron chi connectivity index (χ2n) is 7.89. The monoisotopic (exact) mass is 405 g/mol. The molecule has 2 aliphatic heterocycles. The highest BCUT2D eigenvalue weighted by Gasteiger charge is 2.44. The van der Waals surface area contributed by atoms with Crippen LogP contribution in [0.2, 0.25) is 0 Å². The number of ether oxygens (including phenoxy) is 4. The first-order valence-corrected chi connectivity index (χ1v) is 10.4. The number of aliphatic hydroxyl groups is 1. The van der Waals surface area contributed by atoms with Crippen molar-refractivity contribution in [1.29, 1.82) is 0 Å². The van der Waals surface area contributed by atoms with E-state index in [1.165, 1.54) is 0 Å². The molecule has 1 aromatic carbocycles. The first-order valence-electron chi connectivity index (χ1n) is 10.4. The highest BCUT2D eigenvalue weighted by atomic mass is 16.7. The van der Waals surface area contributed by atoms with E-state index in [9.17, 15) is 5.11 Å². The summed E-state index contributed by atoms with van der Waals surface area (Å²) in [4.78, 5) is 2.85. The third-order valence-corrected chi connectivity index (χ3v) is 5.69. The lowest BCUT2D eigenvalue weighted by Crippen LogP contribution is -2.55. The fourth-order valence-corrected chi connectivity index (χ4v) is 4.13. The Balaban J connectivity index is 1.62. The molecule has 8 nitrogen and oxygen atoms in total. The van der Waals surface area contributed by atoms with Gasteiger partial charge in [0.2, 0.25) is 0 Å². The van der Waals surface area contributed by atoms with Crippen molar-refractivity contribution in [3.8, 4) is 0 Å². The molecule has 4 unspecified atom stereocenters. The van der Waals surface area contributed by atoms with Crippen molar-refractivity contribution < 1.29 is 24.1 Å². The molecule has 0 bridgehead atoms. The van der Waals surface area contributed by atoms with E-state index in [0.717, 1.165) is 12.0 Å². The summed E-state index contributed by atoms with van der Waals surface area (Å²) in [6, 6.07) is 9.39. The predicted molar refractivity (Wildman–Crippen MR) is 107 cm³/mol. The lowest BCUT2D eigenvalue weighted by Gasteiger charge is -2.44. The third kappa shape index (κ3) is 5.69. The minimum Gasteiger partial charge on any atom is -0.373 e. The topological polar surface area (TPSA) is 106 Å². The van der Waals surface area contributed by atoms with Crippen LogP contribution >= 0.6 is 0 Å². The van der Waals surface area contributed by atoms with E-state index in [4.69, 9.17) is 24.5 Å². The Kier molecular flexibility index (Phi) is 7.89. The third-order valence-electron chi connectivity index (χ3n) is 5.69. The van der Waals surface area contributed by atoms with Crippen LogP contribution in [0.1, 0.15) is 45.6 Å². The van der Waals surface area contributed by atoms with E-state index in [1.54, 1.807) is 0 Å². The van der Waals surface area contributed by atoms with Crippen molar-refractivity contribution in [3.63, 3.8) is 0 Å². The maximum atomic E-state index is 10.2. The molecule has 0 radical (unpaired) electrons. The predicted octanol–water partition coefficient (Wildman–Crippen LogP) is 3.92. The van der Waals surface area contributed by atoms with Crippen molar-refractivity contribution >= 4 is 0 Å². The van der Waals surface area contributed by atoms with Gasteiger partial charge in [-0.25, -0.2) is 0 Å². The molecule has 2 aliphatic rings. The normalized spacial score (nSPS) is 37.7. The van der Waals surface area contributed by atoms with Crippen LogP contribution in [0.5, 0.6) is 0 Å². The lowest BCUT2D eigenvalue weighted by molar-refractivity contribution is -0.294. The van der Waals surface area contributed by atoms with Crippen LogP contribution in [0.25, 0.3) is 10.4 Å². The highest BCUT2D eigenvalue weighted by molar-refractivity contribution is 5.13. The van der Waals surface area contributed by atoms with E-state index in [1.807, 2.05) is 51.1 Å². The van der Waals surface area contributed by atoms with E-state index in [0.29, 0.717) is 19.4 Å². The van der Waals surface area contributed by atoms with Crippen LogP contribution in [0.4, 0.5) is 0 Å². The fraction of sp³-hybridized carbons (Fsp3) is 0.714. The smallest absolute Gasteiger partial charge is 0.163 e. The average molecular weight is 405 g/mol. The minimum absolute atomic E-state index is 0.00734. The van der Waals surface area contributed by atoms with Gasteiger partial charge in [-0.15, -0.1) is 0 Å². The molecule has 1 aromatic rings. The molecule has 160 valence electrons. The van der Waals surface area contributed by atoms with Crippen LogP contribution in [-0.2, 0) is 25.6 Å². The molecule has 29 heavy (non-hydrogen) atoms. The van der Waals surface area contributed by atoms with Crippen molar-refractivity contribution in [2.45, 2.75) is 89.7 Å². The molecule has 2 fully saturated rings. The van der Waals surface area contributed by atoms with Gasteiger partial charge < -0.3 is 24.1 Å². The molecule has 2 heterocycles. The maximum Gasteiger partial charge on any atom is 0.163 e. The summed E-state index contributed by atoms with van der Waals surface area (Å²) in [7, 11) is 0. The molecule has 8 atom stereocenters. The lowest BCUT2D eigenvalue weighted by atomic mass is 9.88. The SMILES string of the molecule is CCC1O[C@H](O)C(N=[N+]=[N-])C(C)[C@@H]1O[C@@H]1CC(OCc2ccccc2)C[C@H](C)O1. The van der Waals surface area contributed by atoms with E-state index >= 15 is 0 Å². The summed E-state index contributed by atoms with van der Waals surface area (Å²) >= 11 is 0. The zero-order valence-corrected chi connectivity index (χ0v) is 17.3. The van der Waals surface area contributed by atoms with Crippen LogP contribution in [0.15, 0.2) is 35.4 Å². The molecule has 1 N–H and O–H groups in total. The molecule has 0 saturated carbocycles. The largest absolute Gasteiger partial charge is 0.373 e. The van der Waals surface area contributed by atoms with Gasteiger partial charge in [-0.3, -0.25) is 0 Å². The van der Waals surface area contributed by atoms with Crippen molar-refractivity contribution in [2.75, 3.05) is 0 Å². The van der Waals surface area contributed by atoms with Gasteiger partial charge in [0, 0.05) is 11.3 Å². The second kappa shape index (κ2) is 10.4. The standard InChI is InChI=1S/C21H31N3O5/c1-4-17-20(14(3)19(23-24-22)21(25)28-17)29-18-11-16(10-13(2)27-18)26-12-15-8-6-5-7-9-15/h5-9,13-14,16-21,25H,4,10-12H2,1-3H3/t13-,14?,16?,17?,18+,19?,20-,21-/m0/s1. The Morgan fingerprint density at radius 3 is 2.66 bits per heavy atom. The van der Waals surface area contributed by atoms with Crippen LogP contribution in [-0.4, -0.2) is 48.1 Å². The number of azide groups is 1. The van der Waals surface area contributed by atoms with Gasteiger partial charge in [0.1, 0.15) is 0 Å². The van der Waals surface area contributed by atoms with E-state index in [2.05, 4.69) is 10.0 Å². The molecule has 0 spiro atoms. The summed E-state index contributed by atoms with van der Waals surface area (Å²) in [5.74, 6) is -0.205. The van der Waals surface area contributed by atoms with E-state index < -0.39 is 18.6 Å². The number of hydrogen-bond donors (Lipinski definition) is 1. The second-order valence-corrected chi connectivity index (χ2v) is 7.89. The Morgan fingerprint density at radius 1 is 1.21 bits per heavy atom. The zero-order chi connectivity index (χ0) is 20.8. The Hall–Kier alpha value is -1.67. The number of rotatable bonds is 7. The van der Waals surface area contributed by atoms with Crippen LogP contribution < -0.4 is 0 Å². The van der Waals surface area contributed by atoms with Gasteiger partial charge >= 0.3 is 0 Å². The van der Waals surface area contributed by atoms with Crippen molar-refractivity contribution in [3.05, 3.63) is 46.3 Å². The van der Waals surface area contributed by atoms with Crippen molar-refractivity contribution in [2.24, 2.45) is 11.0 Å². The Bertz CT molecular complexity index is 684. The summed E-state index contributed by atoms with van der Waals surface area (Å²) in [5.41, 5.74) is 9.95. The van der Waals surface area contributed by atoms with Gasteiger partial charge in [-0.2, -0.15) is 0 Å². The molecule has 0 amide bonds. The molecular formula is C21H31N3O5. The van der Waals surface area contributed by atoms with Gasteiger partial charge in [0.15, 0.2) is 12.6 Å². The fourth-order valence-electron chi connectivity index (χ4n) is 4.13.